The number of carbonyl (C=O) groups is 2. The first-order valence-corrected chi connectivity index (χ1v) is 11.0. The first-order valence-electron chi connectivity index (χ1n) is 11.0. The highest BCUT2D eigenvalue weighted by Crippen LogP contribution is 2.40. The van der Waals surface area contributed by atoms with Crippen molar-refractivity contribution in [1.29, 1.82) is 0 Å². The molecule has 4 rings (SSSR count). The smallest absolute Gasteiger partial charge is 0.228 e. The second-order valence-corrected chi connectivity index (χ2v) is 8.91. The summed E-state index contributed by atoms with van der Waals surface area (Å²) in [4.78, 5) is 36.5. The summed E-state index contributed by atoms with van der Waals surface area (Å²) in [5, 5.41) is 2.78. The zero-order valence-corrected chi connectivity index (χ0v) is 18.3. The predicted octanol–water partition coefficient (Wildman–Crippen LogP) is 3.78. The van der Waals surface area contributed by atoms with Crippen molar-refractivity contribution in [3.8, 4) is 0 Å². The molecule has 2 heterocycles. The van der Waals surface area contributed by atoms with Gasteiger partial charge in [-0.05, 0) is 63.3 Å². The first-order chi connectivity index (χ1) is 14.8. The molecule has 7 heteroatoms. The third-order valence-electron chi connectivity index (χ3n) is 6.43. The van der Waals surface area contributed by atoms with Crippen LogP contribution in [0.15, 0.2) is 24.3 Å². The van der Waals surface area contributed by atoms with Gasteiger partial charge in [-0.15, -0.1) is 0 Å². The highest BCUT2D eigenvalue weighted by atomic mass is 19.1. The molecule has 2 amide bonds. The molecule has 1 aromatic carbocycles. The standard InChI is InChI=1S/C24H29FN4O2/c1-14-11-20(14)24(31)29-10-4-5-17(13-29)23-26-15(2)21(16(3)27-23)12-22(30)28-19-8-6-18(25)7-9-19/h6-9,14,17,20H,4-5,10-13H2,1-3H3,(H,28,30)/t14-,17-,20-/m1/s1. The number of nitrogens with zero attached hydrogens (tertiary/aromatic N) is 3. The van der Waals surface area contributed by atoms with Gasteiger partial charge < -0.3 is 10.2 Å². The quantitative estimate of drug-likeness (QED) is 0.793. The molecule has 31 heavy (non-hydrogen) atoms. The van der Waals surface area contributed by atoms with Crippen LogP contribution < -0.4 is 5.32 Å². The van der Waals surface area contributed by atoms with Crippen LogP contribution in [0.25, 0.3) is 0 Å². The maximum absolute atomic E-state index is 13.0. The molecule has 1 aliphatic carbocycles. The molecule has 6 nitrogen and oxygen atoms in total. The van der Waals surface area contributed by atoms with E-state index in [1.165, 1.54) is 24.3 Å². The summed E-state index contributed by atoms with van der Waals surface area (Å²) < 4.78 is 13.0. The lowest BCUT2D eigenvalue weighted by Crippen LogP contribution is -2.40. The maximum atomic E-state index is 13.0. The number of carbonyl (C=O) groups excluding carboxylic acids is 2. The third-order valence-corrected chi connectivity index (χ3v) is 6.43. The van der Waals surface area contributed by atoms with Gasteiger partial charge in [-0.2, -0.15) is 0 Å². The normalized spacial score (nSPS) is 22.8. The number of nitrogens with one attached hydrogen (secondary N) is 1. The molecule has 0 bridgehead atoms. The van der Waals surface area contributed by atoms with Crippen LogP contribution in [-0.2, 0) is 16.0 Å². The van der Waals surface area contributed by atoms with Gasteiger partial charge in [-0.25, -0.2) is 14.4 Å². The van der Waals surface area contributed by atoms with Gasteiger partial charge in [-0.3, -0.25) is 9.59 Å². The Morgan fingerprint density at radius 1 is 1.16 bits per heavy atom. The Kier molecular flexibility index (Phi) is 6.03. The van der Waals surface area contributed by atoms with Crippen LogP contribution in [0.5, 0.6) is 0 Å². The van der Waals surface area contributed by atoms with Gasteiger partial charge in [0.1, 0.15) is 11.6 Å². The van der Waals surface area contributed by atoms with E-state index in [-0.39, 0.29) is 35.9 Å². The molecule has 2 aliphatic rings. The van der Waals surface area contributed by atoms with E-state index in [1.807, 2.05) is 18.7 Å². The van der Waals surface area contributed by atoms with E-state index in [0.29, 0.717) is 18.2 Å². The fourth-order valence-corrected chi connectivity index (χ4v) is 4.39. The molecule has 0 radical (unpaired) electrons. The maximum Gasteiger partial charge on any atom is 0.228 e. The van der Waals surface area contributed by atoms with Crippen molar-refractivity contribution < 1.29 is 14.0 Å². The number of amides is 2. The van der Waals surface area contributed by atoms with Gasteiger partial charge >= 0.3 is 0 Å². The summed E-state index contributed by atoms with van der Waals surface area (Å²) in [7, 11) is 0. The number of aromatic nitrogens is 2. The average Bonchev–Trinajstić information content (AvgIpc) is 3.48. The second-order valence-electron chi connectivity index (χ2n) is 8.91. The van der Waals surface area contributed by atoms with E-state index >= 15 is 0 Å². The summed E-state index contributed by atoms with van der Waals surface area (Å²) >= 11 is 0. The van der Waals surface area contributed by atoms with Gasteiger partial charge in [0.2, 0.25) is 11.8 Å². The van der Waals surface area contributed by atoms with E-state index in [9.17, 15) is 14.0 Å². The minimum atomic E-state index is -0.344. The summed E-state index contributed by atoms with van der Waals surface area (Å²) in [6.45, 7) is 7.42. The summed E-state index contributed by atoms with van der Waals surface area (Å²) in [6, 6.07) is 5.69. The van der Waals surface area contributed by atoms with Crippen LogP contribution in [0.4, 0.5) is 10.1 Å². The predicted molar refractivity (Wildman–Crippen MR) is 116 cm³/mol. The fraction of sp³-hybridized carbons (Fsp3) is 0.500. The number of halogens is 1. The van der Waals surface area contributed by atoms with Crippen LogP contribution >= 0.6 is 0 Å². The van der Waals surface area contributed by atoms with E-state index in [0.717, 1.165) is 48.6 Å². The lowest BCUT2D eigenvalue weighted by Gasteiger charge is -2.32. The van der Waals surface area contributed by atoms with E-state index in [4.69, 9.17) is 9.97 Å². The molecule has 3 atom stereocenters. The molecule has 164 valence electrons. The van der Waals surface area contributed by atoms with E-state index in [1.54, 1.807) is 0 Å². The Hall–Kier alpha value is -2.83. The fourth-order valence-electron chi connectivity index (χ4n) is 4.39. The highest BCUT2D eigenvalue weighted by Gasteiger charge is 2.42. The molecule has 0 spiro atoms. The monoisotopic (exact) mass is 424 g/mol. The number of hydrogen-bond acceptors (Lipinski definition) is 4. The van der Waals surface area contributed by atoms with Gasteiger partial charge in [0.15, 0.2) is 0 Å². The van der Waals surface area contributed by atoms with Crippen molar-refractivity contribution in [3.05, 3.63) is 52.9 Å². The molecule has 1 saturated heterocycles. The van der Waals surface area contributed by atoms with Crippen LogP contribution in [0.1, 0.15) is 54.9 Å². The molecule has 1 aliphatic heterocycles. The number of anilines is 1. The highest BCUT2D eigenvalue weighted by molar-refractivity contribution is 5.92. The molecular formula is C24H29FN4O2. The minimum Gasteiger partial charge on any atom is -0.342 e. The summed E-state index contributed by atoms with van der Waals surface area (Å²) in [5.41, 5.74) is 2.93. The Bertz CT molecular complexity index is 969. The number of hydrogen-bond donors (Lipinski definition) is 1. The molecule has 2 fully saturated rings. The van der Waals surface area contributed by atoms with Crippen LogP contribution in [-0.4, -0.2) is 39.8 Å². The molecule has 2 aromatic rings. The number of aryl methyl sites for hydroxylation is 2. The third kappa shape index (κ3) is 4.92. The summed E-state index contributed by atoms with van der Waals surface area (Å²) in [5.74, 6) is 1.34. The van der Waals surface area contributed by atoms with Crippen molar-refractivity contribution in [3.63, 3.8) is 0 Å². The number of piperidine rings is 1. The Labute approximate surface area is 182 Å². The van der Waals surface area contributed by atoms with Crippen molar-refractivity contribution in [1.82, 2.24) is 14.9 Å². The molecule has 1 N–H and O–H groups in total. The van der Waals surface area contributed by atoms with Crippen LogP contribution in [0.2, 0.25) is 0 Å². The summed E-state index contributed by atoms with van der Waals surface area (Å²) in [6.07, 6.45) is 3.08. The Morgan fingerprint density at radius 2 is 1.81 bits per heavy atom. The second kappa shape index (κ2) is 8.73. The number of rotatable bonds is 5. The SMILES string of the molecule is Cc1nc([C@@H]2CCCN(C(=O)[C@@H]3C[C@H]3C)C2)nc(C)c1CC(=O)Nc1ccc(F)cc1. The Balaban J connectivity index is 1.43. The van der Waals surface area contributed by atoms with Crippen molar-refractivity contribution in [2.45, 2.75) is 52.4 Å². The minimum absolute atomic E-state index is 0.131. The zero-order chi connectivity index (χ0) is 22.1. The zero-order valence-electron chi connectivity index (χ0n) is 18.3. The van der Waals surface area contributed by atoms with Crippen molar-refractivity contribution >= 4 is 17.5 Å². The van der Waals surface area contributed by atoms with Crippen molar-refractivity contribution in [2.24, 2.45) is 11.8 Å². The van der Waals surface area contributed by atoms with Gasteiger partial charge in [0, 0.05) is 47.6 Å². The van der Waals surface area contributed by atoms with Crippen LogP contribution in [0, 0.1) is 31.5 Å². The molecule has 1 saturated carbocycles. The Morgan fingerprint density at radius 3 is 2.42 bits per heavy atom. The van der Waals surface area contributed by atoms with E-state index < -0.39 is 0 Å². The average molecular weight is 425 g/mol. The lowest BCUT2D eigenvalue weighted by atomic mass is 9.96. The number of likely N-dealkylation sites (tertiary alicyclic amines) is 1. The lowest BCUT2D eigenvalue weighted by molar-refractivity contribution is -0.134. The van der Waals surface area contributed by atoms with Crippen LogP contribution in [0.3, 0.4) is 0 Å². The molecule has 1 aromatic heterocycles. The molecule has 0 unspecified atom stereocenters. The van der Waals surface area contributed by atoms with E-state index in [2.05, 4.69) is 12.2 Å². The van der Waals surface area contributed by atoms with Crippen molar-refractivity contribution in [2.75, 3.05) is 18.4 Å². The van der Waals surface area contributed by atoms with Gasteiger partial charge in [-0.1, -0.05) is 6.92 Å². The van der Waals surface area contributed by atoms with Gasteiger partial charge in [0.25, 0.3) is 0 Å². The van der Waals surface area contributed by atoms with Gasteiger partial charge in [0.05, 0.1) is 6.42 Å². The first kappa shape index (κ1) is 21.4. The molecular weight excluding hydrogens is 395 g/mol. The number of benzene rings is 1. The largest absolute Gasteiger partial charge is 0.342 e. The topological polar surface area (TPSA) is 75.2 Å².